The first-order valence-corrected chi connectivity index (χ1v) is 16.0. The van der Waals surface area contributed by atoms with Gasteiger partial charge in [-0.3, -0.25) is 4.99 Å². The minimum atomic E-state index is 0.778. The van der Waals surface area contributed by atoms with Crippen LogP contribution in [-0.4, -0.2) is 19.6 Å². The van der Waals surface area contributed by atoms with Crippen LogP contribution in [0, 0.1) is 0 Å². The summed E-state index contributed by atoms with van der Waals surface area (Å²) in [7, 11) is 0. The van der Waals surface area contributed by atoms with E-state index in [-0.39, 0.29) is 0 Å². The molecular weight excluding hydrogens is 414 g/mol. The van der Waals surface area contributed by atoms with Crippen molar-refractivity contribution in [3.05, 3.63) is 0 Å². The molecule has 0 aromatic rings. The predicted octanol–water partition coefficient (Wildman–Crippen LogP) is 11.6. The molecule has 0 amide bonds. The lowest BCUT2D eigenvalue weighted by Crippen LogP contribution is -1.84. The molecule has 1 aliphatic rings. The monoisotopic (exact) mass is 480 g/mol. The Labute approximate surface area is 216 Å². The third-order valence-corrected chi connectivity index (χ3v) is 7.19. The lowest BCUT2D eigenvalue weighted by atomic mass is 10.0. The summed E-state index contributed by atoms with van der Waals surface area (Å²) in [5.74, 6) is 0. The van der Waals surface area contributed by atoms with E-state index >= 15 is 0 Å². The van der Waals surface area contributed by atoms with Crippen LogP contribution in [0.3, 0.4) is 0 Å². The van der Waals surface area contributed by atoms with Crippen LogP contribution in [0.1, 0.15) is 187 Å². The molecule has 0 bridgehead atoms. The predicted molar refractivity (Wildman–Crippen MR) is 155 cm³/mol. The summed E-state index contributed by atoms with van der Waals surface area (Å²) >= 11 is 0. The van der Waals surface area contributed by atoms with E-state index in [1.54, 1.807) is 0 Å². The van der Waals surface area contributed by atoms with Gasteiger partial charge in [0.2, 0.25) is 0 Å². The van der Waals surface area contributed by atoms with Gasteiger partial charge in [0.25, 0.3) is 0 Å². The Hall–Kier alpha value is -0.530. The summed E-state index contributed by atoms with van der Waals surface area (Å²) in [5, 5.41) is 0. The molecule has 204 valence electrons. The van der Waals surface area contributed by atoms with Gasteiger partial charge in [-0.15, -0.1) is 0 Å². The van der Waals surface area contributed by atoms with Crippen LogP contribution >= 0.6 is 0 Å². The highest BCUT2D eigenvalue weighted by Crippen LogP contribution is 2.16. The van der Waals surface area contributed by atoms with E-state index in [9.17, 15) is 0 Å². The standard InChI is InChI=1S/C29H60.C3H5NO/c1-3-5-7-9-11-13-15-17-19-21-23-25-27-29-28-26-24-22-20-18-16-14-12-10-8-6-4-2;1-2-5-3-4-1/h3-29H2,1-2H3;3H,1-2H2. The number of hydrogen-bond donors (Lipinski definition) is 0. The molecule has 0 N–H and O–H groups in total. The third-order valence-electron chi connectivity index (χ3n) is 7.19. The molecule has 2 heteroatoms. The molecular formula is C32H65NO. The van der Waals surface area contributed by atoms with Gasteiger partial charge in [0.15, 0.2) is 6.40 Å². The minimum Gasteiger partial charge on any atom is -0.482 e. The summed E-state index contributed by atoms with van der Waals surface area (Å²) in [4.78, 5) is 3.74. The Morgan fingerprint density at radius 2 is 0.647 bits per heavy atom. The normalized spacial score (nSPS) is 12.5. The Bertz CT molecular complexity index is 336. The lowest BCUT2D eigenvalue weighted by molar-refractivity contribution is 0.361. The van der Waals surface area contributed by atoms with Crippen molar-refractivity contribution in [1.29, 1.82) is 0 Å². The fourth-order valence-electron chi connectivity index (χ4n) is 4.83. The molecule has 0 fully saturated rings. The second-order valence-corrected chi connectivity index (χ2v) is 10.7. The highest BCUT2D eigenvalue weighted by Gasteiger charge is 1.96. The summed E-state index contributed by atoms with van der Waals surface area (Å²) in [6, 6.07) is 0. The van der Waals surface area contributed by atoms with Crippen molar-refractivity contribution >= 4 is 6.40 Å². The third kappa shape index (κ3) is 31.5. The van der Waals surface area contributed by atoms with Crippen LogP contribution in [0.4, 0.5) is 0 Å². The number of unbranched alkanes of at least 4 members (excludes halogenated alkanes) is 26. The van der Waals surface area contributed by atoms with Crippen LogP contribution in [-0.2, 0) is 4.74 Å². The van der Waals surface area contributed by atoms with Crippen LogP contribution in [0.25, 0.3) is 0 Å². The molecule has 1 heterocycles. The summed E-state index contributed by atoms with van der Waals surface area (Å²) in [6.07, 6.45) is 41.4. The molecule has 0 aliphatic carbocycles. The van der Waals surface area contributed by atoms with Gasteiger partial charge in [0, 0.05) is 0 Å². The van der Waals surface area contributed by atoms with Crippen LogP contribution < -0.4 is 0 Å². The van der Waals surface area contributed by atoms with Gasteiger partial charge in [-0.25, -0.2) is 0 Å². The molecule has 1 rings (SSSR count). The quantitative estimate of drug-likeness (QED) is 0.113. The van der Waals surface area contributed by atoms with E-state index in [0.29, 0.717) is 0 Å². The zero-order valence-corrected chi connectivity index (χ0v) is 23.9. The van der Waals surface area contributed by atoms with Crippen molar-refractivity contribution in [2.75, 3.05) is 13.2 Å². The fraction of sp³-hybridized carbons (Fsp3) is 0.969. The molecule has 34 heavy (non-hydrogen) atoms. The van der Waals surface area contributed by atoms with Crippen LogP contribution in [0.15, 0.2) is 4.99 Å². The highest BCUT2D eigenvalue weighted by atomic mass is 16.5. The number of ether oxygens (including phenoxy) is 1. The van der Waals surface area contributed by atoms with Gasteiger partial charge >= 0.3 is 0 Å². The topological polar surface area (TPSA) is 21.6 Å². The largest absolute Gasteiger partial charge is 0.482 e. The first-order valence-electron chi connectivity index (χ1n) is 16.0. The number of nitrogens with zero attached hydrogens (tertiary/aromatic N) is 1. The molecule has 0 radical (unpaired) electrons. The summed E-state index contributed by atoms with van der Waals surface area (Å²) in [6.45, 7) is 6.23. The molecule has 0 aromatic carbocycles. The van der Waals surface area contributed by atoms with Crippen molar-refractivity contribution in [2.45, 2.75) is 187 Å². The van der Waals surface area contributed by atoms with Gasteiger partial charge in [-0.2, -0.15) is 0 Å². The van der Waals surface area contributed by atoms with E-state index in [2.05, 4.69) is 23.6 Å². The molecule has 2 nitrogen and oxygen atoms in total. The van der Waals surface area contributed by atoms with E-state index in [1.165, 1.54) is 180 Å². The van der Waals surface area contributed by atoms with Crippen molar-refractivity contribution in [2.24, 2.45) is 4.99 Å². The Balaban J connectivity index is 0.00000190. The van der Waals surface area contributed by atoms with Gasteiger partial charge < -0.3 is 4.74 Å². The SMILES string of the molecule is C1=NCCO1.CCCCCCCCCCCCCCCCCCCCCCCCCCCCC. The molecule has 0 atom stereocenters. The first kappa shape index (κ1) is 33.5. The average Bonchev–Trinajstić information content (AvgIpc) is 3.44. The van der Waals surface area contributed by atoms with Crippen molar-refractivity contribution < 1.29 is 4.74 Å². The van der Waals surface area contributed by atoms with E-state index in [0.717, 1.165) is 13.2 Å². The zero-order valence-electron chi connectivity index (χ0n) is 23.9. The fourth-order valence-corrected chi connectivity index (χ4v) is 4.83. The molecule has 0 spiro atoms. The van der Waals surface area contributed by atoms with Gasteiger partial charge in [0.05, 0.1) is 6.54 Å². The Morgan fingerprint density at radius 1 is 0.412 bits per heavy atom. The van der Waals surface area contributed by atoms with E-state index in [4.69, 9.17) is 0 Å². The average molecular weight is 480 g/mol. The number of aliphatic imine (C=N–C) groups is 1. The zero-order chi connectivity index (χ0) is 24.6. The molecule has 0 aromatic heterocycles. The second-order valence-electron chi connectivity index (χ2n) is 10.7. The van der Waals surface area contributed by atoms with E-state index in [1.807, 2.05) is 0 Å². The lowest BCUT2D eigenvalue weighted by Gasteiger charge is -2.04. The van der Waals surface area contributed by atoms with Gasteiger partial charge in [-0.05, 0) is 0 Å². The smallest absolute Gasteiger partial charge is 0.169 e. The summed E-state index contributed by atoms with van der Waals surface area (Å²) in [5.41, 5.74) is 0. The van der Waals surface area contributed by atoms with E-state index < -0.39 is 0 Å². The van der Waals surface area contributed by atoms with Crippen molar-refractivity contribution in [3.63, 3.8) is 0 Å². The maximum absolute atomic E-state index is 4.65. The number of hydrogen-bond acceptors (Lipinski definition) is 2. The highest BCUT2D eigenvalue weighted by molar-refractivity contribution is 5.47. The van der Waals surface area contributed by atoms with Crippen molar-refractivity contribution in [1.82, 2.24) is 0 Å². The van der Waals surface area contributed by atoms with Crippen LogP contribution in [0.2, 0.25) is 0 Å². The second kappa shape index (κ2) is 32.5. The maximum Gasteiger partial charge on any atom is 0.169 e. The van der Waals surface area contributed by atoms with Gasteiger partial charge in [0.1, 0.15) is 6.61 Å². The first-order chi connectivity index (χ1) is 16.9. The Kier molecular flexibility index (Phi) is 32.0. The maximum atomic E-state index is 4.65. The molecule has 1 aliphatic heterocycles. The van der Waals surface area contributed by atoms with Crippen molar-refractivity contribution in [3.8, 4) is 0 Å². The van der Waals surface area contributed by atoms with Crippen LogP contribution in [0.5, 0.6) is 0 Å². The number of rotatable bonds is 26. The molecule has 0 unspecified atom stereocenters. The molecule has 0 saturated carbocycles. The Morgan fingerprint density at radius 3 is 0.765 bits per heavy atom. The molecule has 0 saturated heterocycles. The summed E-state index contributed by atoms with van der Waals surface area (Å²) < 4.78 is 4.65. The van der Waals surface area contributed by atoms with Gasteiger partial charge in [-0.1, -0.05) is 187 Å². The minimum absolute atomic E-state index is 0.778.